The molecular weight excluding hydrogens is 386 g/mol. The third-order valence-corrected chi connectivity index (χ3v) is 10.4. The zero-order valence-electron chi connectivity index (χ0n) is 18.8. The summed E-state index contributed by atoms with van der Waals surface area (Å²) in [6.45, 7) is 16.8. The molecule has 0 saturated carbocycles. The van der Waals surface area contributed by atoms with Gasteiger partial charge in [0, 0.05) is 31.9 Å². The Labute approximate surface area is 175 Å². The van der Waals surface area contributed by atoms with Gasteiger partial charge in [0.2, 0.25) is 0 Å². The van der Waals surface area contributed by atoms with E-state index in [0.717, 1.165) is 29.9 Å². The molecule has 0 aromatic carbocycles. The van der Waals surface area contributed by atoms with Crippen LogP contribution in [-0.2, 0) is 22.1 Å². The van der Waals surface area contributed by atoms with Crippen molar-refractivity contribution >= 4 is 20.0 Å². The third kappa shape index (κ3) is 6.25. The Kier molecular flexibility index (Phi) is 8.22. The highest BCUT2D eigenvalue weighted by molar-refractivity contribution is 6.74. The van der Waals surface area contributed by atoms with Crippen LogP contribution in [0.15, 0.2) is 6.07 Å². The zero-order chi connectivity index (χ0) is 21.7. The summed E-state index contributed by atoms with van der Waals surface area (Å²) in [5.41, 5.74) is 3.27. The van der Waals surface area contributed by atoms with Gasteiger partial charge in [0.15, 0.2) is 14.0 Å². The fourth-order valence-corrected chi connectivity index (χ4v) is 4.15. The van der Waals surface area contributed by atoms with E-state index in [4.69, 9.17) is 9.16 Å². The second-order valence-electron chi connectivity index (χ2n) is 8.99. The van der Waals surface area contributed by atoms with Gasteiger partial charge < -0.3 is 19.6 Å². The maximum Gasteiger partial charge on any atom is 0.356 e. The maximum absolute atomic E-state index is 12.3. The molecule has 2 N–H and O–H groups in total. The van der Waals surface area contributed by atoms with Crippen LogP contribution >= 0.6 is 0 Å². The van der Waals surface area contributed by atoms with Crippen LogP contribution in [0, 0.1) is 0 Å². The van der Waals surface area contributed by atoms with Gasteiger partial charge in [-0.05, 0) is 43.1 Å². The average Bonchev–Trinajstić information content (AvgIpc) is 2.64. The first-order chi connectivity index (χ1) is 13.6. The van der Waals surface area contributed by atoms with Gasteiger partial charge in [0.05, 0.1) is 25.5 Å². The SMILES string of the molecule is CCOC(=O)c1cc(NCCO[Si](C)(C)C(C)(C)C)c2c(n1)CN(CCO)CC2. The Morgan fingerprint density at radius 3 is 2.72 bits per heavy atom. The molecule has 1 aromatic heterocycles. The van der Waals surface area contributed by atoms with Crippen LogP contribution in [0.3, 0.4) is 0 Å². The fraction of sp³-hybridized carbons (Fsp3) is 0.714. The first-order valence-corrected chi connectivity index (χ1v) is 13.4. The summed E-state index contributed by atoms with van der Waals surface area (Å²) in [7, 11) is -1.79. The molecule has 0 atom stereocenters. The van der Waals surface area contributed by atoms with E-state index in [-0.39, 0.29) is 11.6 Å². The number of hydrogen-bond acceptors (Lipinski definition) is 7. The van der Waals surface area contributed by atoms with Crippen LogP contribution in [-0.4, -0.2) is 68.7 Å². The number of β-amino-alcohol motifs (C(OH)–C–C–N with tert-alkyl or cyclic N) is 1. The van der Waals surface area contributed by atoms with E-state index in [9.17, 15) is 9.90 Å². The number of nitrogens with one attached hydrogen (secondary N) is 1. The van der Waals surface area contributed by atoms with Crippen molar-refractivity contribution < 1.29 is 19.1 Å². The summed E-state index contributed by atoms with van der Waals surface area (Å²) < 4.78 is 11.4. The van der Waals surface area contributed by atoms with Gasteiger partial charge in [0.1, 0.15) is 0 Å². The summed E-state index contributed by atoms with van der Waals surface area (Å²) in [5, 5.41) is 12.9. The van der Waals surface area contributed by atoms with Gasteiger partial charge in [-0.2, -0.15) is 0 Å². The Hall–Kier alpha value is -1.48. The van der Waals surface area contributed by atoms with Crippen molar-refractivity contribution in [1.29, 1.82) is 0 Å². The van der Waals surface area contributed by atoms with E-state index in [1.807, 2.05) is 0 Å². The van der Waals surface area contributed by atoms with Crippen LogP contribution in [0.4, 0.5) is 5.69 Å². The molecule has 0 unspecified atom stereocenters. The van der Waals surface area contributed by atoms with Crippen molar-refractivity contribution in [2.24, 2.45) is 0 Å². The number of anilines is 1. The second-order valence-corrected chi connectivity index (χ2v) is 13.8. The largest absolute Gasteiger partial charge is 0.461 e. The highest BCUT2D eigenvalue weighted by atomic mass is 28.4. The number of rotatable bonds is 9. The van der Waals surface area contributed by atoms with E-state index < -0.39 is 14.3 Å². The van der Waals surface area contributed by atoms with E-state index in [1.165, 1.54) is 0 Å². The van der Waals surface area contributed by atoms with Gasteiger partial charge >= 0.3 is 5.97 Å². The lowest BCUT2D eigenvalue weighted by Gasteiger charge is -2.36. The van der Waals surface area contributed by atoms with Crippen LogP contribution in [0.5, 0.6) is 0 Å². The maximum atomic E-state index is 12.3. The summed E-state index contributed by atoms with van der Waals surface area (Å²) in [6, 6.07) is 1.80. The van der Waals surface area contributed by atoms with Crippen LogP contribution < -0.4 is 5.32 Å². The molecule has 1 aliphatic rings. The molecule has 1 aliphatic heterocycles. The standard InChI is InChI=1S/C21H37N3O4Si/c1-7-27-20(26)18-14-17(22-9-13-28-29(5,6)21(2,3)4)16-8-10-24(11-12-25)15-19(16)23-18/h14,25H,7-13,15H2,1-6H3,(H,22,23). The Bertz CT molecular complexity index is 704. The van der Waals surface area contributed by atoms with E-state index in [2.05, 4.69) is 49.1 Å². The first kappa shape index (κ1) is 23.8. The average molecular weight is 424 g/mol. The van der Waals surface area contributed by atoms with Gasteiger partial charge in [-0.1, -0.05) is 20.8 Å². The number of carbonyl (C=O) groups is 1. The molecule has 0 radical (unpaired) electrons. The quantitative estimate of drug-likeness (QED) is 0.359. The number of aliphatic hydroxyl groups excluding tert-OH is 1. The number of ether oxygens (including phenoxy) is 1. The molecule has 8 heteroatoms. The first-order valence-electron chi connectivity index (χ1n) is 10.5. The predicted octanol–water partition coefficient (Wildman–Crippen LogP) is 3.04. The minimum absolute atomic E-state index is 0.114. The number of hydrogen-bond donors (Lipinski definition) is 2. The van der Waals surface area contributed by atoms with Crippen molar-refractivity contribution in [2.75, 3.05) is 44.8 Å². The van der Waals surface area contributed by atoms with Crippen LogP contribution in [0.25, 0.3) is 0 Å². The molecule has 29 heavy (non-hydrogen) atoms. The topological polar surface area (TPSA) is 83.9 Å². The number of aliphatic hydroxyl groups is 1. The Balaban J connectivity index is 2.14. The minimum atomic E-state index is -1.79. The lowest BCUT2D eigenvalue weighted by molar-refractivity contribution is 0.0518. The predicted molar refractivity (Wildman–Crippen MR) is 118 cm³/mol. The minimum Gasteiger partial charge on any atom is -0.461 e. The molecular formula is C21H37N3O4Si. The number of nitrogens with zero attached hydrogens (tertiary/aromatic N) is 2. The van der Waals surface area contributed by atoms with E-state index >= 15 is 0 Å². The zero-order valence-corrected chi connectivity index (χ0v) is 19.8. The monoisotopic (exact) mass is 423 g/mol. The molecule has 0 amide bonds. The summed E-state index contributed by atoms with van der Waals surface area (Å²) in [5.74, 6) is -0.407. The molecule has 0 aliphatic carbocycles. The number of esters is 1. The van der Waals surface area contributed by atoms with Crippen molar-refractivity contribution in [2.45, 2.75) is 58.8 Å². The normalized spacial score (nSPS) is 15.1. The molecule has 1 aromatic rings. The molecule has 0 fully saturated rings. The highest BCUT2D eigenvalue weighted by Gasteiger charge is 2.36. The van der Waals surface area contributed by atoms with Crippen molar-refractivity contribution in [1.82, 2.24) is 9.88 Å². The fourth-order valence-electron chi connectivity index (χ4n) is 3.10. The summed E-state index contributed by atoms with van der Waals surface area (Å²) in [6.07, 6.45) is 0.830. The number of carbonyl (C=O) groups excluding carboxylic acids is 1. The lowest BCUT2D eigenvalue weighted by Crippen LogP contribution is -2.41. The van der Waals surface area contributed by atoms with Crippen molar-refractivity contribution in [3.05, 3.63) is 23.0 Å². The van der Waals surface area contributed by atoms with Crippen molar-refractivity contribution in [3.8, 4) is 0 Å². The van der Waals surface area contributed by atoms with Crippen LogP contribution in [0.1, 0.15) is 49.4 Å². The van der Waals surface area contributed by atoms with Crippen LogP contribution in [0.2, 0.25) is 18.1 Å². The summed E-state index contributed by atoms with van der Waals surface area (Å²) in [4.78, 5) is 19.0. The smallest absolute Gasteiger partial charge is 0.356 e. The molecule has 0 saturated heterocycles. The van der Waals surface area contributed by atoms with E-state index in [1.54, 1.807) is 13.0 Å². The van der Waals surface area contributed by atoms with Gasteiger partial charge in [-0.15, -0.1) is 0 Å². The number of fused-ring (bicyclic) bond motifs is 1. The second kappa shape index (κ2) is 10.0. The highest BCUT2D eigenvalue weighted by Crippen LogP contribution is 2.36. The molecule has 0 bridgehead atoms. The number of aromatic nitrogens is 1. The van der Waals surface area contributed by atoms with Crippen molar-refractivity contribution in [3.63, 3.8) is 0 Å². The molecule has 0 spiro atoms. The lowest BCUT2D eigenvalue weighted by atomic mass is 10.0. The molecule has 164 valence electrons. The molecule has 7 nitrogen and oxygen atoms in total. The Morgan fingerprint density at radius 1 is 1.38 bits per heavy atom. The van der Waals surface area contributed by atoms with Gasteiger partial charge in [-0.25, -0.2) is 9.78 Å². The third-order valence-electron chi connectivity index (χ3n) is 5.85. The van der Waals surface area contributed by atoms with Gasteiger partial charge in [0.25, 0.3) is 0 Å². The van der Waals surface area contributed by atoms with Gasteiger partial charge in [-0.3, -0.25) is 4.90 Å². The Morgan fingerprint density at radius 2 is 2.10 bits per heavy atom. The van der Waals surface area contributed by atoms with E-state index in [0.29, 0.717) is 38.5 Å². The molecule has 2 heterocycles. The number of pyridine rings is 1. The molecule has 2 rings (SSSR count). The summed E-state index contributed by atoms with van der Waals surface area (Å²) >= 11 is 0.